The SMILES string of the molecule is CCOc1ccc(NC(=O)c2nn(C)c(=O)c3ccccc23)cc1OCC. The van der Waals surface area contributed by atoms with Crippen LogP contribution in [0.3, 0.4) is 0 Å². The van der Waals surface area contributed by atoms with Gasteiger partial charge in [-0.25, -0.2) is 4.68 Å². The molecule has 3 aromatic rings. The first-order valence-electron chi connectivity index (χ1n) is 8.72. The van der Waals surface area contributed by atoms with Gasteiger partial charge in [-0.2, -0.15) is 5.10 Å². The molecule has 0 aliphatic rings. The van der Waals surface area contributed by atoms with Crippen molar-refractivity contribution in [3.8, 4) is 11.5 Å². The Labute approximate surface area is 156 Å². The Morgan fingerprint density at radius 2 is 1.70 bits per heavy atom. The lowest BCUT2D eigenvalue weighted by Gasteiger charge is -2.13. The molecule has 1 amide bonds. The lowest BCUT2D eigenvalue weighted by Crippen LogP contribution is -2.25. The minimum absolute atomic E-state index is 0.180. The van der Waals surface area contributed by atoms with Gasteiger partial charge in [0.15, 0.2) is 17.2 Å². The van der Waals surface area contributed by atoms with Crippen molar-refractivity contribution in [2.75, 3.05) is 18.5 Å². The normalized spacial score (nSPS) is 10.6. The van der Waals surface area contributed by atoms with Crippen molar-refractivity contribution in [2.24, 2.45) is 7.05 Å². The topological polar surface area (TPSA) is 82.5 Å². The summed E-state index contributed by atoms with van der Waals surface area (Å²) in [5.74, 6) is 0.756. The molecule has 0 aliphatic heterocycles. The molecule has 0 unspecified atom stereocenters. The van der Waals surface area contributed by atoms with Gasteiger partial charge in [-0.05, 0) is 32.0 Å². The number of anilines is 1. The van der Waals surface area contributed by atoms with Crippen molar-refractivity contribution in [3.05, 3.63) is 58.5 Å². The Bertz CT molecular complexity index is 1040. The van der Waals surface area contributed by atoms with E-state index in [1.165, 1.54) is 11.7 Å². The fourth-order valence-electron chi connectivity index (χ4n) is 2.79. The highest BCUT2D eigenvalue weighted by Crippen LogP contribution is 2.31. The van der Waals surface area contributed by atoms with Crippen LogP contribution in [0, 0.1) is 0 Å². The van der Waals surface area contributed by atoms with Crippen LogP contribution < -0.4 is 20.3 Å². The third kappa shape index (κ3) is 3.76. The zero-order valence-corrected chi connectivity index (χ0v) is 15.5. The second-order valence-electron chi connectivity index (χ2n) is 5.80. The van der Waals surface area contributed by atoms with Gasteiger partial charge in [0.2, 0.25) is 0 Å². The van der Waals surface area contributed by atoms with E-state index in [2.05, 4.69) is 10.4 Å². The van der Waals surface area contributed by atoms with Crippen LogP contribution in [-0.4, -0.2) is 28.9 Å². The molecule has 1 heterocycles. The average molecular weight is 367 g/mol. The van der Waals surface area contributed by atoms with E-state index in [0.29, 0.717) is 41.2 Å². The van der Waals surface area contributed by atoms with Crippen LogP contribution in [0.25, 0.3) is 10.8 Å². The maximum atomic E-state index is 12.8. The number of nitrogens with one attached hydrogen (secondary N) is 1. The van der Waals surface area contributed by atoms with Gasteiger partial charge in [-0.1, -0.05) is 18.2 Å². The molecule has 140 valence electrons. The molecule has 0 atom stereocenters. The van der Waals surface area contributed by atoms with E-state index < -0.39 is 5.91 Å². The van der Waals surface area contributed by atoms with Gasteiger partial charge >= 0.3 is 0 Å². The van der Waals surface area contributed by atoms with Gasteiger partial charge in [-0.15, -0.1) is 0 Å². The summed E-state index contributed by atoms with van der Waals surface area (Å²) >= 11 is 0. The van der Waals surface area contributed by atoms with Gasteiger partial charge in [0.05, 0.1) is 18.6 Å². The van der Waals surface area contributed by atoms with Crippen molar-refractivity contribution in [2.45, 2.75) is 13.8 Å². The molecule has 27 heavy (non-hydrogen) atoms. The molecule has 0 saturated carbocycles. The van der Waals surface area contributed by atoms with Crippen LogP contribution in [0.5, 0.6) is 11.5 Å². The Hall–Kier alpha value is -3.35. The molecule has 1 N–H and O–H groups in total. The minimum atomic E-state index is -0.409. The summed E-state index contributed by atoms with van der Waals surface area (Å²) in [4.78, 5) is 25.0. The Morgan fingerprint density at radius 3 is 2.41 bits per heavy atom. The maximum Gasteiger partial charge on any atom is 0.276 e. The van der Waals surface area contributed by atoms with Gasteiger partial charge in [0, 0.05) is 24.2 Å². The Kier molecular flexibility index (Phi) is 5.40. The van der Waals surface area contributed by atoms with Crippen molar-refractivity contribution < 1.29 is 14.3 Å². The van der Waals surface area contributed by atoms with E-state index >= 15 is 0 Å². The first-order valence-corrected chi connectivity index (χ1v) is 8.72. The maximum absolute atomic E-state index is 12.8. The standard InChI is InChI=1S/C20H21N3O4/c1-4-26-16-11-10-13(12-17(16)27-5-2)21-19(24)18-14-8-6-7-9-15(14)20(25)23(3)22-18/h6-12H,4-5H2,1-3H3,(H,21,24). The number of carbonyl (C=O) groups excluding carboxylic acids is 1. The third-order valence-corrected chi connectivity index (χ3v) is 3.97. The summed E-state index contributed by atoms with van der Waals surface area (Å²) in [6.45, 7) is 4.76. The fraction of sp³-hybridized carbons (Fsp3) is 0.250. The van der Waals surface area contributed by atoms with E-state index in [4.69, 9.17) is 9.47 Å². The summed E-state index contributed by atoms with van der Waals surface area (Å²) in [6, 6.07) is 12.1. The second-order valence-corrected chi connectivity index (χ2v) is 5.80. The molecule has 2 aromatic carbocycles. The number of aromatic nitrogens is 2. The highest BCUT2D eigenvalue weighted by Gasteiger charge is 2.16. The molecule has 7 nitrogen and oxygen atoms in total. The van der Waals surface area contributed by atoms with Gasteiger partial charge < -0.3 is 14.8 Å². The lowest BCUT2D eigenvalue weighted by atomic mass is 10.1. The second kappa shape index (κ2) is 7.90. The van der Waals surface area contributed by atoms with E-state index in [9.17, 15) is 9.59 Å². The summed E-state index contributed by atoms with van der Waals surface area (Å²) in [5.41, 5.74) is 0.480. The number of benzene rings is 2. The van der Waals surface area contributed by atoms with Gasteiger partial charge in [-0.3, -0.25) is 9.59 Å². The number of nitrogens with zero attached hydrogens (tertiary/aromatic N) is 2. The van der Waals surface area contributed by atoms with Crippen molar-refractivity contribution in [3.63, 3.8) is 0 Å². The first kappa shape index (κ1) is 18.4. The lowest BCUT2D eigenvalue weighted by molar-refractivity contribution is 0.102. The molecular weight excluding hydrogens is 346 g/mol. The molecule has 0 radical (unpaired) electrons. The molecule has 0 saturated heterocycles. The van der Waals surface area contributed by atoms with Crippen LogP contribution in [0.4, 0.5) is 5.69 Å². The molecule has 3 rings (SSSR count). The smallest absolute Gasteiger partial charge is 0.276 e. The highest BCUT2D eigenvalue weighted by atomic mass is 16.5. The summed E-state index contributed by atoms with van der Waals surface area (Å²) in [7, 11) is 1.52. The van der Waals surface area contributed by atoms with Gasteiger partial charge in [0.1, 0.15) is 0 Å². The third-order valence-electron chi connectivity index (χ3n) is 3.97. The number of ether oxygens (including phenoxy) is 2. The van der Waals surface area contributed by atoms with Crippen LogP contribution >= 0.6 is 0 Å². The van der Waals surface area contributed by atoms with Crippen molar-refractivity contribution in [1.82, 2.24) is 9.78 Å². The van der Waals surface area contributed by atoms with Crippen LogP contribution in [0.2, 0.25) is 0 Å². The molecule has 0 bridgehead atoms. The van der Waals surface area contributed by atoms with E-state index in [1.807, 2.05) is 13.8 Å². The van der Waals surface area contributed by atoms with E-state index in [-0.39, 0.29) is 11.3 Å². The number of aryl methyl sites for hydroxylation is 1. The van der Waals surface area contributed by atoms with Gasteiger partial charge in [0.25, 0.3) is 11.5 Å². The number of rotatable bonds is 6. The molecule has 7 heteroatoms. The molecule has 0 aliphatic carbocycles. The molecule has 0 spiro atoms. The Balaban J connectivity index is 1.97. The summed E-state index contributed by atoms with van der Waals surface area (Å²) < 4.78 is 12.3. The zero-order valence-electron chi connectivity index (χ0n) is 15.5. The fourth-order valence-corrected chi connectivity index (χ4v) is 2.79. The van der Waals surface area contributed by atoms with E-state index in [0.717, 1.165) is 0 Å². The molecule has 1 aromatic heterocycles. The highest BCUT2D eigenvalue weighted by molar-refractivity contribution is 6.11. The van der Waals surface area contributed by atoms with Crippen LogP contribution in [-0.2, 0) is 7.05 Å². The van der Waals surface area contributed by atoms with Crippen LogP contribution in [0.1, 0.15) is 24.3 Å². The average Bonchev–Trinajstić information content (AvgIpc) is 2.67. The minimum Gasteiger partial charge on any atom is -0.490 e. The monoisotopic (exact) mass is 367 g/mol. The number of hydrogen-bond donors (Lipinski definition) is 1. The number of amides is 1. The number of carbonyl (C=O) groups is 1. The first-order chi connectivity index (χ1) is 13.0. The van der Waals surface area contributed by atoms with Crippen molar-refractivity contribution >= 4 is 22.4 Å². The predicted molar refractivity (Wildman–Crippen MR) is 104 cm³/mol. The summed E-state index contributed by atoms with van der Waals surface area (Å²) in [5, 5.41) is 7.91. The largest absolute Gasteiger partial charge is 0.490 e. The quantitative estimate of drug-likeness (QED) is 0.724. The summed E-state index contributed by atoms with van der Waals surface area (Å²) in [6.07, 6.45) is 0. The Morgan fingerprint density at radius 1 is 1.04 bits per heavy atom. The zero-order chi connectivity index (χ0) is 19.4. The number of fused-ring (bicyclic) bond motifs is 1. The van der Waals surface area contributed by atoms with Crippen LogP contribution in [0.15, 0.2) is 47.3 Å². The predicted octanol–water partition coefficient (Wildman–Crippen LogP) is 2.98. The molecule has 0 fully saturated rings. The number of hydrogen-bond acceptors (Lipinski definition) is 5. The van der Waals surface area contributed by atoms with Crippen molar-refractivity contribution in [1.29, 1.82) is 0 Å². The molecular formula is C20H21N3O4. The van der Waals surface area contributed by atoms with E-state index in [1.54, 1.807) is 42.5 Å².